The van der Waals surface area contributed by atoms with Gasteiger partial charge in [0, 0.05) is 13.2 Å². The van der Waals surface area contributed by atoms with Crippen LogP contribution in [-0.4, -0.2) is 47.3 Å². The number of ether oxygens (including phenoxy) is 2. The molecule has 4 nitrogen and oxygen atoms in total. The van der Waals surface area contributed by atoms with E-state index in [1.54, 1.807) is 0 Å². The molecule has 0 rings (SSSR count). The molecule has 0 radical (unpaired) electrons. The average Bonchev–Trinajstić information content (AvgIpc) is 2.27. The molecule has 0 aromatic rings. The molecule has 0 aliphatic heterocycles. The number of hydrogen-bond acceptors (Lipinski definition) is 4. The van der Waals surface area contributed by atoms with E-state index in [9.17, 15) is 0 Å². The van der Waals surface area contributed by atoms with Gasteiger partial charge in [0.05, 0.1) is 0 Å². The lowest BCUT2D eigenvalue weighted by Gasteiger charge is -2.24. The Morgan fingerprint density at radius 1 is 0.938 bits per heavy atom. The highest BCUT2D eigenvalue weighted by Crippen LogP contribution is 1.99. The zero-order chi connectivity index (χ0) is 12.2. The fraction of sp³-hybridized carbons (Fsp3) is 1.00. The van der Waals surface area contributed by atoms with Crippen molar-refractivity contribution >= 4 is 9.92 Å². The molecule has 0 aromatic heterocycles. The molecular formula is C11H27NO3Si. The number of rotatable bonds is 11. The Labute approximate surface area is 102 Å². The third-order valence-electron chi connectivity index (χ3n) is 2.08. The molecule has 0 atom stereocenters. The standard InChI is InChI=1S/C11H27NO3Si/c1-5-9-12(10-6-2)16-15-11(13-7-3)14-8-4/h11H,5-10,16H2,1-4H3. The monoisotopic (exact) mass is 249 g/mol. The zero-order valence-electron chi connectivity index (χ0n) is 11.2. The highest BCUT2D eigenvalue weighted by Gasteiger charge is 2.11. The molecular weight excluding hydrogens is 222 g/mol. The van der Waals surface area contributed by atoms with Crippen LogP contribution in [0, 0.1) is 0 Å². The maximum atomic E-state index is 5.71. The Morgan fingerprint density at radius 3 is 1.81 bits per heavy atom. The predicted molar refractivity (Wildman–Crippen MR) is 68.8 cm³/mol. The third-order valence-corrected chi connectivity index (χ3v) is 3.50. The van der Waals surface area contributed by atoms with E-state index in [0.717, 1.165) is 13.1 Å². The van der Waals surface area contributed by atoms with Gasteiger partial charge in [-0.15, -0.1) is 0 Å². The van der Waals surface area contributed by atoms with Crippen LogP contribution in [0.3, 0.4) is 0 Å². The first-order valence-corrected chi connectivity index (χ1v) is 7.56. The van der Waals surface area contributed by atoms with E-state index in [1.807, 2.05) is 13.8 Å². The lowest BCUT2D eigenvalue weighted by Crippen LogP contribution is -2.35. The van der Waals surface area contributed by atoms with E-state index in [1.165, 1.54) is 12.8 Å². The maximum absolute atomic E-state index is 5.71. The Hall–Kier alpha value is 0.0569. The SMILES string of the molecule is CCCN(CCC)[SiH2]OC(OCC)OCC. The van der Waals surface area contributed by atoms with Gasteiger partial charge >= 0.3 is 0 Å². The van der Waals surface area contributed by atoms with Crippen molar-refractivity contribution in [1.82, 2.24) is 4.57 Å². The molecule has 0 saturated carbocycles. The van der Waals surface area contributed by atoms with Crippen molar-refractivity contribution in [2.24, 2.45) is 0 Å². The van der Waals surface area contributed by atoms with Gasteiger partial charge in [0.15, 0.2) is 0 Å². The second-order valence-electron chi connectivity index (χ2n) is 3.61. The summed E-state index contributed by atoms with van der Waals surface area (Å²) in [7, 11) is -0.701. The largest absolute Gasteiger partial charge is 0.362 e. The van der Waals surface area contributed by atoms with Gasteiger partial charge in [-0.3, -0.25) is 0 Å². The Bertz CT molecular complexity index is 121. The van der Waals surface area contributed by atoms with Crippen molar-refractivity contribution in [3.8, 4) is 0 Å². The maximum Gasteiger partial charge on any atom is 0.262 e. The van der Waals surface area contributed by atoms with Crippen LogP contribution >= 0.6 is 0 Å². The quantitative estimate of drug-likeness (QED) is 0.410. The Morgan fingerprint density at radius 2 is 1.44 bits per heavy atom. The first-order chi connectivity index (χ1) is 7.78. The number of hydrogen-bond donors (Lipinski definition) is 0. The van der Waals surface area contributed by atoms with E-state index in [2.05, 4.69) is 18.4 Å². The van der Waals surface area contributed by atoms with Crippen LogP contribution in [0.1, 0.15) is 40.5 Å². The van der Waals surface area contributed by atoms with Crippen LogP contribution in [0.4, 0.5) is 0 Å². The van der Waals surface area contributed by atoms with E-state index < -0.39 is 16.4 Å². The molecule has 0 unspecified atom stereocenters. The summed E-state index contributed by atoms with van der Waals surface area (Å²) in [5, 5.41) is 0. The summed E-state index contributed by atoms with van der Waals surface area (Å²) in [5.41, 5.74) is 0. The van der Waals surface area contributed by atoms with Gasteiger partial charge in [-0.2, -0.15) is 0 Å². The normalized spacial score (nSPS) is 12.4. The zero-order valence-corrected chi connectivity index (χ0v) is 12.6. The van der Waals surface area contributed by atoms with Crippen molar-refractivity contribution in [1.29, 1.82) is 0 Å². The van der Waals surface area contributed by atoms with Crippen LogP contribution in [0.25, 0.3) is 0 Å². The van der Waals surface area contributed by atoms with Gasteiger partial charge in [0.2, 0.25) is 9.92 Å². The summed E-state index contributed by atoms with van der Waals surface area (Å²) in [4.78, 5) is 0. The Balaban J connectivity index is 3.83. The van der Waals surface area contributed by atoms with E-state index in [4.69, 9.17) is 13.9 Å². The smallest absolute Gasteiger partial charge is 0.262 e. The van der Waals surface area contributed by atoms with Gasteiger partial charge in [-0.25, -0.2) is 0 Å². The number of nitrogens with zero attached hydrogens (tertiary/aromatic N) is 1. The molecule has 0 saturated heterocycles. The molecule has 16 heavy (non-hydrogen) atoms. The molecule has 0 bridgehead atoms. The minimum Gasteiger partial charge on any atom is -0.362 e. The first-order valence-electron chi connectivity index (χ1n) is 6.35. The van der Waals surface area contributed by atoms with E-state index in [-0.39, 0.29) is 0 Å². The van der Waals surface area contributed by atoms with E-state index >= 15 is 0 Å². The van der Waals surface area contributed by atoms with E-state index in [0.29, 0.717) is 13.2 Å². The van der Waals surface area contributed by atoms with Crippen LogP contribution in [0.5, 0.6) is 0 Å². The summed E-state index contributed by atoms with van der Waals surface area (Å²) in [6, 6.07) is 0. The summed E-state index contributed by atoms with van der Waals surface area (Å²) in [6.45, 7) is 11.3. The second-order valence-corrected chi connectivity index (χ2v) is 5.10. The van der Waals surface area contributed by atoms with Crippen LogP contribution in [0.15, 0.2) is 0 Å². The van der Waals surface area contributed by atoms with Crippen LogP contribution in [0.2, 0.25) is 0 Å². The van der Waals surface area contributed by atoms with Crippen LogP contribution < -0.4 is 0 Å². The lowest BCUT2D eigenvalue weighted by atomic mass is 10.4. The summed E-state index contributed by atoms with van der Waals surface area (Å²) >= 11 is 0. The van der Waals surface area contributed by atoms with Crippen LogP contribution in [-0.2, 0) is 13.9 Å². The average molecular weight is 249 g/mol. The molecule has 5 heteroatoms. The van der Waals surface area contributed by atoms with Crippen molar-refractivity contribution in [3.63, 3.8) is 0 Å². The Kier molecular flexibility index (Phi) is 11.6. The van der Waals surface area contributed by atoms with Gasteiger partial charge in [0.25, 0.3) is 6.48 Å². The minimum atomic E-state index is -0.701. The van der Waals surface area contributed by atoms with Gasteiger partial charge < -0.3 is 18.5 Å². The fourth-order valence-corrected chi connectivity index (χ4v) is 2.87. The van der Waals surface area contributed by atoms with Gasteiger partial charge in [-0.05, 0) is 39.8 Å². The summed E-state index contributed by atoms with van der Waals surface area (Å²) in [5.74, 6) is 0. The highest BCUT2D eigenvalue weighted by atomic mass is 28.2. The fourth-order valence-electron chi connectivity index (χ4n) is 1.46. The molecule has 0 aliphatic rings. The molecule has 0 N–H and O–H groups in total. The topological polar surface area (TPSA) is 30.9 Å². The van der Waals surface area contributed by atoms with Crippen molar-refractivity contribution in [2.75, 3.05) is 26.3 Å². The lowest BCUT2D eigenvalue weighted by molar-refractivity contribution is -0.245. The molecule has 0 amide bonds. The van der Waals surface area contributed by atoms with Crippen molar-refractivity contribution < 1.29 is 13.9 Å². The summed E-state index contributed by atoms with van der Waals surface area (Å²) < 4.78 is 18.8. The summed E-state index contributed by atoms with van der Waals surface area (Å²) in [6.07, 6.45) is 2.34. The van der Waals surface area contributed by atoms with Crippen molar-refractivity contribution in [3.05, 3.63) is 0 Å². The van der Waals surface area contributed by atoms with Crippen molar-refractivity contribution in [2.45, 2.75) is 47.0 Å². The molecule has 0 heterocycles. The molecule has 0 aromatic carbocycles. The van der Waals surface area contributed by atoms with Gasteiger partial charge in [-0.1, -0.05) is 13.8 Å². The molecule has 0 fully saturated rings. The molecule has 0 spiro atoms. The van der Waals surface area contributed by atoms with Gasteiger partial charge in [0.1, 0.15) is 0 Å². The first kappa shape index (κ1) is 16.1. The highest BCUT2D eigenvalue weighted by molar-refractivity contribution is 6.23. The predicted octanol–water partition coefficient (Wildman–Crippen LogP) is 1.48. The molecule has 0 aliphatic carbocycles. The third kappa shape index (κ3) is 8.24. The second kappa shape index (κ2) is 11.5. The minimum absolute atomic E-state index is 0.460. The molecule has 98 valence electrons.